The Morgan fingerprint density at radius 1 is 1.16 bits per heavy atom. The van der Waals surface area contributed by atoms with Crippen molar-refractivity contribution in [2.24, 2.45) is 17.8 Å². The molecule has 0 amide bonds. The number of thiazole rings is 1. The topological polar surface area (TPSA) is 42.1 Å². The number of hydrogen-bond donors (Lipinski definition) is 1. The van der Waals surface area contributed by atoms with Gasteiger partial charge in [0.2, 0.25) is 0 Å². The Morgan fingerprint density at radius 3 is 2.90 bits per heavy atom. The number of ether oxygens (including phenoxy) is 1. The molecule has 4 unspecified atom stereocenters. The van der Waals surface area contributed by atoms with Crippen molar-refractivity contribution in [2.75, 3.05) is 0 Å². The Kier molecular flexibility index (Phi) is 5.25. The summed E-state index contributed by atoms with van der Waals surface area (Å²) in [4.78, 5) is 16.7. The number of fused-ring (bicyclic) bond motifs is 6. The van der Waals surface area contributed by atoms with Gasteiger partial charge in [-0.05, 0) is 72.9 Å². The number of benzene rings is 2. The minimum atomic E-state index is 0.0474. The summed E-state index contributed by atoms with van der Waals surface area (Å²) in [5.74, 6) is 3.16. The molecule has 1 aromatic heterocycles. The van der Waals surface area contributed by atoms with Gasteiger partial charge in [0.25, 0.3) is 0 Å². The van der Waals surface area contributed by atoms with Crippen LogP contribution in [0.4, 0.5) is 0 Å². The predicted molar refractivity (Wildman–Crippen MR) is 131 cm³/mol. The minimum Gasteiger partial charge on any atom is -0.489 e. The standard InChI is InChI=1S/C24H21BrClNO2S2/c25-15-6-7-18(29-11-12-2-1-3-16(26)8-12)17(10-15)20-19-13-4-5-14(9-13)21(19)30-23-22(20)31-24(28)27-23/h1-3,6-8,10,13-14,19-21H,4-5,9,11H2,(H,27,28)/t13?,14?,19?,20-,21?/m1/s1. The number of nitrogens with one attached hydrogen (secondary N) is 1. The first-order valence-electron chi connectivity index (χ1n) is 10.6. The summed E-state index contributed by atoms with van der Waals surface area (Å²) < 4.78 is 7.41. The molecular weight excluding hydrogens is 514 g/mol. The zero-order valence-corrected chi connectivity index (χ0v) is 20.6. The molecule has 0 saturated heterocycles. The van der Waals surface area contributed by atoms with E-state index >= 15 is 0 Å². The molecule has 1 N–H and O–H groups in total. The van der Waals surface area contributed by atoms with Crippen molar-refractivity contribution in [3.63, 3.8) is 0 Å². The second-order valence-electron chi connectivity index (χ2n) is 8.78. The molecule has 6 rings (SSSR count). The number of halogens is 2. The number of rotatable bonds is 4. The van der Waals surface area contributed by atoms with Crippen molar-refractivity contribution in [1.29, 1.82) is 0 Å². The van der Waals surface area contributed by atoms with Crippen LogP contribution in [-0.2, 0) is 6.61 Å². The van der Waals surface area contributed by atoms with Gasteiger partial charge in [0.15, 0.2) is 0 Å². The second kappa shape index (κ2) is 7.98. The van der Waals surface area contributed by atoms with E-state index in [0.717, 1.165) is 32.6 Å². The van der Waals surface area contributed by atoms with Crippen LogP contribution in [0.3, 0.4) is 0 Å². The summed E-state index contributed by atoms with van der Waals surface area (Å²) in [5.41, 5.74) is 2.24. The maximum absolute atomic E-state index is 12.3. The first-order chi connectivity index (χ1) is 15.1. The molecule has 0 radical (unpaired) electrons. The SMILES string of the molecule is O=c1[nH]c2c(s1)[C@H](c1cc(Br)ccc1OCc1cccc(Cl)c1)C1C3CCC(C3)C1S2. The van der Waals surface area contributed by atoms with Crippen LogP contribution in [0.25, 0.3) is 0 Å². The highest BCUT2D eigenvalue weighted by Crippen LogP contribution is 2.64. The highest BCUT2D eigenvalue weighted by Gasteiger charge is 2.55. The number of aromatic amines is 1. The Bertz CT molecular complexity index is 1210. The second-order valence-corrected chi connectivity index (χ2v) is 12.3. The average Bonchev–Trinajstić information content (AvgIpc) is 3.45. The summed E-state index contributed by atoms with van der Waals surface area (Å²) in [5, 5.41) is 2.38. The van der Waals surface area contributed by atoms with Gasteiger partial charge < -0.3 is 9.72 Å². The first kappa shape index (κ1) is 20.4. The lowest BCUT2D eigenvalue weighted by molar-refractivity contribution is 0.280. The summed E-state index contributed by atoms with van der Waals surface area (Å²) in [7, 11) is 0. The fraction of sp³-hybridized carbons (Fsp3) is 0.375. The molecule has 3 aromatic rings. The van der Waals surface area contributed by atoms with Crippen LogP contribution in [0.1, 0.15) is 41.2 Å². The number of hydrogen-bond acceptors (Lipinski definition) is 4. The monoisotopic (exact) mass is 533 g/mol. The molecule has 2 aliphatic carbocycles. The maximum Gasteiger partial charge on any atom is 0.305 e. The molecule has 2 aromatic carbocycles. The average molecular weight is 535 g/mol. The van der Waals surface area contributed by atoms with Crippen LogP contribution in [0.5, 0.6) is 5.75 Å². The van der Waals surface area contributed by atoms with Gasteiger partial charge in [0.05, 0.1) is 5.03 Å². The molecule has 3 aliphatic rings. The molecule has 3 nitrogen and oxygen atoms in total. The third kappa shape index (κ3) is 3.60. The third-order valence-electron chi connectivity index (χ3n) is 7.06. The summed E-state index contributed by atoms with van der Waals surface area (Å²) >= 11 is 13.1. The van der Waals surface area contributed by atoms with Crippen molar-refractivity contribution in [3.05, 3.63) is 77.6 Å². The molecule has 7 heteroatoms. The van der Waals surface area contributed by atoms with E-state index in [9.17, 15) is 4.79 Å². The van der Waals surface area contributed by atoms with Crippen molar-refractivity contribution >= 4 is 50.6 Å². The van der Waals surface area contributed by atoms with Gasteiger partial charge in [-0.25, -0.2) is 0 Å². The van der Waals surface area contributed by atoms with Crippen LogP contribution in [-0.4, -0.2) is 10.2 Å². The highest BCUT2D eigenvalue weighted by atomic mass is 79.9. The highest BCUT2D eigenvalue weighted by molar-refractivity contribution is 9.10. The van der Waals surface area contributed by atoms with Gasteiger partial charge >= 0.3 is 4.87 Å². The fourth-order valence-electron chi connectivity index (χ4n) is 5.88. The maximum atomic E-state index is 12.3. The van der Waals surface area contributed by atoms with E-state index in [0.29, 0.717) is 22.8 Å². The minimum absolute atomic E-state index is 0.0474. The molecular formula is C24H21BrClNO2S2. The van der Waals surface area contributed by atoms with Gasteiger partial charge in [0.1, 0.15) is 12.4 Å². The van der Waals surface area contributed by atoms with E-state index in [4.69, 9.17) is 16.3 Å². The van der Waals surface area contributed by atoms with E-state index in [-0.39, 0.29) is 10.8 Å². The van der Waals surface area contributed by atoms with Crippen LogP contribution < -0.4 is 9.61 Å². The molecule has 0 spiro atoms. The molecule has 31 heavy (non-hydrogen) atoms. The molecule has 2 heterocycles. The smallest absolute Gasteiger partial charge is 0.305 e. The first-order valence-corrected chi connectivity index (χ1v) is 13.5. The molecule has 5 atom stereocenters. The molecule has 160 valence electrons. The van der Waals surface area contributed by atoms with Gasteiger partial charge in [0, 0.05) is 31.1 Å². The van der Waals surface area contributed by atoms with E-state index in [1.54, 1.807) is 0 Å². The Hall–Kier alpha value is -1.21. The van der Waals surface area contributed by atoms with E-state index in [1.807, 2.05) is 42.1 Å². The third-order valence-corrected chi connectivity index (χ3v) is 10.4. The number of aromatic nitrogens is 1. The van der Waals surface area contributed by atoms with Crippen molar-refractivity contribution in [1.82, 2.24) is 4.98 Å². The van der Waals surface area contributed by atoms with Gasteiger partial charge in [-0.3, -0.25) is 4.79 Å². The van der Waals surface area contributed by atoms with E-state index in [1.165, 1.54) is 41.0 Å². The van der Waals surface area contributed by atoms with Crippen LogP contribution in [0.15, 0.2) is 56.8 Å². The lowest BCUT2D eigenvalue weighted by atomic mass is 9.74. The normalized spacial score (nSPS) is 28.4. The summed E-state index contributed by atoms with van der Waals surface area (Å²) in [6, 6.07) is 14.1. The van der Waals surface area contributed by atoms with Crippen LogP contribution >= 0.6 is 50.6 Å². The zero-order valence-electron chi connectivity index (χ0n) is 16.6. The summed E-state index contributed by atoms with van der Waals surface area (Å²) in [6.07, 6.45) is 3.96. The van der Waals surface area contributed by atoms with Gasteiger partial charge in [-0.2, -0.15) is 0 Å². The van der Waals surface area contributed by atoms with Crippen molar-refractivity contribution in [3.8, 4) is 5.75 Å². The van der Waals surface area contributed by atoms with E-state index < -0.39 is 0 Å². The number of thioether (sulfide) groups is 1. The lowest BCUT2D eigenvalue weighted by Gasteiger charge is -2.40. The quantitative estimate of drug-likeness (QED) is 0.389. The predicted octanol–water partition coefficient (Wildman–Crippen LogP) is 7.08. The molecule has 2 saturated carbocycles. The fourth-order valence-corrected chi connectivity index (χ4v) is 9.36. The number of H-pyrrole nitrogens is 1. The Balaban J connectivity index is 1.42. The van der Waals surface area contributed by atoms with Crippen LogP contribution in [0.2, 0.25) is 5.02 Å². The zero-order chi connectivity index (χ0) is 21.1. The van der Waals surface area contributed by atoms with Crippen molar-refractivity contribution < 1.29 is 4.74 Å². The Morgan fingerprint density at radius 2 is 2.03 bits per heavy atom. The molecule has 1 aliphatic heterocycles. The molecule has 2 fully saturated rings. The van der Waals surface area contributed by atoms with Gasteiger partial charge in [-0.15, -0.1) is 11.8 Å². The Labute approximate surface area is 202 Å². The lowest BCUT2D eigenvalue weighted by Crippen LogP contribution is -2.33. The van der Waals surface area contributed by atoms with Crippen molar-refractivity contribution in [2.45, 2.75) is 42.1 Å². The largest absolute Gasteiger partial charge is 0.489 e. The summed E-state index contributed by atoms with van der Waals surface area (Å²) in [6.45, 7) is 0.465. The van der Waals surface area contributed by atoms with Crippen LogP contribution in [0, 0.1) is 17.8 Å². The molecule has 2 bridgehead atoms. The van der Waals surface area contributed by atoms with Gasteiger partial charge in [-0.1, -0.05) is 51.0 Å². The van der Waals surface area contributed by atoms with E-state index in [2.05, 4.69) is 33.0 Å².